The van der Waals surface area contributed by atoms with Crippen LogP contribution in [0.5, 0.6) is 5.75 Å². The number of hydrogen-bond acceptors (Lipinski definition) is 4. The highest BCUT2D eigenvalue weighted by atomic mass is 16.5. The van der Waals surface area contributed by atoms with Gasteiger partial charge in [0.15, 0.2) is 0 Å². The van der Waals surface area contributed by atoms with E-state index in [0.717, 1.165) is 5.56 Å². The molecule has 1 aromatic carbocycles. The Kier molecular flexibility index (Phi) is 4.97. The number of aliphatic hydroxyl groups is 1. The van der Waals surface area contributed by atoms with E-state index in [0.29, 0.717) is 17.7 Å². The van der Waals surface area contributed by atoms with Crippen LogP contribution in [0.4, 0.5) is 0 Å². The van der Waals surface area contributed by atoms with Crippen LogP contribution in [-0.2, 0) is 9.53 Å². The van der Waals surface area contributed by atoms with Crippen LogP contribution >= 0.6 is 0 Å². The zero-order valence-electron chi connectivity index (χ0n) is 10.4. The fourth-order valence-corrected chi connectivity index (χ4v) is 1.63. The van der Waals surface area contributed by atoms with Crippen LogP contribution in [0.2, 0.25) is 0 Å². The summed E-state index contributed by atoms with van der Waals surface area (Å²) >= 11 is 0. The van der Waals surface area contributed by atoms with Gasteiger partial charge >= 0.3 is 5.97 Å². The van der Waals surface area contributed by atoms with Crippen molar-refractivity contribution in [2.45, 2.75) is 25.9 Å². The number of ether oxygens (including phenoxy) is 2. The molecule has 0 fully saturated rings. The minimum atomic E-state index is -0.719. The van der Waals surface area contributed by atoms with Gasteiger partial charge in [-0.1, -0.05) is 11.6 Å². The summed E-state index contributed by atoms with van der Waals surface area (Å²) in [6, 6.07) is 5.59. The van der Waals surface area contributed by atoms with Crippen molar-refractivity contribution in [3.8, 4) is 5.75 Å². The fraction of sp³-hybridized carbons (Fsp3) is 0.462. The minimum Gasteiger partial charge on any atom is -0.496 e. The Morgan fingerprint density at radius 3 is 2.71 bits per heavy atom. The molecule has 0 heterocycles. The van der Waals surface area contributed by atoms with Gasteiger partial charge in [0.1, 0.15) is 5.75 Å². The van der Waals surface area contributed by atoms with Crippen molar-refractivity contribution < 1.29 is 19.4 Å². The Labute approximate surface area is 101 Å². The van der Waals surface area contributed by atoms with Gasteiger partial charge in [-0.15, -0.1) is 0 Å². The average molecular weight is 238 g/mol. The standard InChI is InChI=1S/C13H18O4/c1-9-4-6-12(16-2)10(8-9)11(14)5-7-13(15)17-3/h4,6,8,11,14H,5,7H2,1-3H3. The number of aryl methyl sites for hydroxylation is 1. The van der Waals surface area contributed by atoms with Gasteiger partial charge in [-0.25, -0.2) is 0 Å². The highest BCUT2D eigenvalue weighted by Gasteiger charge is 2.15. The Morgan fingerprint density at radius 1 is 1.41 bits per heavy atom. The van der Waals surface area contributed by atoms with Crippen LogP contribution in [0.25, 0.3) is 0 Å². The van der Waals surface area contributed by atoms with Gasteiger partial charge in [0.2, 0.25) is 0 Å². The van der Waals surface area contributed by atoms with Gasteiger partial charge in [-0.2, -0.15) is 0 Å². The van der Waals surface area contributed by atoms with E-state index in [1.54, 1.807) is 7.11 Å². The summed E-state index contributed by atoms with van der Waals surface area (Å²) in [7, 11) is 2.89. The van der Waals surface area contributed by atoms with Crippen molar-refractivity contribution in [2.24, 2.45) is 0 Å². The van der Waals surface area contributed by atoms with Crippen molar-refractivity contribution >= 4 is 5.97 Å². The van der Waals surface area contributed by atoms with Gasteiger partial charge < -0.3 is 14.6 Å². The molecule has 0 bridgehead atoms. The van der Waals surface area contributed by atoms with Crippen LogP contribution < -0.4 is 4.74 Å². The first-order valence-electron chi connectivity index (χ1n) is 5.48. The zero-order valence-corrected chi connectivity index (χ0v) is 10.4. The smallest absolute Gasteiger partial charge is 0.305 e. The van der Waals surface area contributed by atoms with Crippen LogP contribution in [0.3, 0.4) is 0 Å². The molecule has 94 valence electrons. The number of hydrogen-bond donors (Lipinski definition) is 1. The summed E-state index contributed by atoms with van der Waals surface area (Å²) in [5, 5.41) is 10.0. The Morgan fingerprint density at radius 2 is 2.12 bits per heavy atom. The van der Waals surface area contributed by atoms with Crippen LogP contribution in [0.1, 0.15) is 30.1 Å². The van der Waals surface area contributed by atoms with Crippen molar-refractivity contribution in [3.63, 3.8) is 0 Å². The highest BCUT2D eigenvalue weighted by Crippen LogP contribution is 2.28. The Hall–Kier alpha value is -1.55. The number of methoxy groups -OCH3 is 2. The molecule has 1 N–H and O–H groups in total. The molecule has 0 spiro atoms. The molecule has 4 nitrogen and oxygen atoms in total. The number of carbonyl (C=O) groups excluding carboxylic acids is 1. The van der Waals surface area contributed by atoms with E-state index in [1.807, 2.05) is 25.1 Å². The molecular formula is C13H18O4. The molecule has 0 radical (unpaired) electrons. The molecule has 0 aliphatic heterocycles. The average Bonchev–Trinajstić information content (AvgIpc) is 2.35. The van der Waals surface area contributed by atoms with Gasteiger partial charge in [-0.05, 0) is 25.5 Å². The molecule has 0 saturated carbocycles. The van der Waals surface area contributed by atoms with Crippen molar-refractivity contribution in [3.05, 3.63) is 29.3 Å². The maximum absolute atomic E-state index is 11.0. The molecule has 1 aromatic rings. The van der Waals surface area contributed by atoms with Gasteiger partial charge in [-0.3, -0.25) is 4.79 Å². The Bertz CT molecular complexity index is 387. The first-order valence-corrected chi connectivity index (χ1v) is 5.48. The fourth-order valence-electron chi connectivity index (χ4n) is 1.63. The third-order valence-electron chi connectivity index (χ3n) is 2.59. The lowest BCUT2D eigenvalue weighted by Crippen LogP contribution is -2.06. The number of rotatable bonds is 5. The van der Waals surface area contributed by atoms with Crippen LogP contribution in [-0.4, -0.2) is 25.3 Å². The van der Waals surface area contributed by atoms with Gasteiger partial charge in [0, 0.05) is 12.0 Å². The van der Waals surface area contributed by atoms with Crippen LogP contribution in [0, 0.1) is 6.92 Å². The highest BCUT2D eigenvalue weighted by molar-refractivity contribution is 5.69. The number of aliphatic hydroxyl groups excluding tert-OH is 1. The number of esters is 1. The normalized spacial score (nSPS) is 12.0. The van der Waals surface area contributed by atoms with E-state index in [2.05, 4.69) is 4.74 Å². The lowest BCUT2D eigenvalue weighted by atomic mass is 10.0. The minimum absolute atomic E-state index is 0.189. The topological polar surface area (TPSA) is 55.8 Å². The van der Waals surface area contributed by atoms with E-state index >= 15 is 0 Å². The first kappa shape index (κ1) is 13.5. The molecule has 0 aliphatic carbocycles. The first-order chi connectivity index (χ1) is 8.08. The predicted octanol–water partition coefficient (Wildman–Crippen LogP) is 1.99. The predicted molar refractivity (Wildman–Crippen MR) is 63.9 cm³/mol. The molecule has 4 heteroatoms. The van der Waals surface area contributed by atoms with E-state index < -0.39 is 6.10 Å². The SMILES string of the molecule is COC(=O)CCC(O)c1cc(C)ccc1OC. The van der Waals surface area contributed by atoms with Gasteiger partial charge in [0.05, 0.1) is 20.3 Å². The lowest BCUT2D eigenvalue weighted by Gasteiger charge is -2.15. The van der Waals surface area contributed by atoms with Crippen molar-refractivity contribution in [1.29, 1.82) is 0 Å². The van der Waals surface area contributed by atoms with E-state index in [-0.39, 0.29) is 12.4 Å². The summed E-state index contributed by atoms with van der Waals surface area (Å²) in [6.45, 7) is 1.94. The summed E-state index contributed by atoms with van der Waals surface area (Å²) in [5.74, 6) is 0.309. The summed E-state index contributed by atoms with van der Waals surface area (Å²) in [6.07, 6.45) is -0.203. The molecule has 1 rings (SSSR count). The molecule has 1 unspecified atom stereocenters. The zero-order chi connectivity index (χ0) is 12.8. The van der Waals surface area contributed by atoms with Crippen molar-refractivity contribution in [1.82, 2.24) is 0 Å². The second kappa shape index (κ2) is 6.25. The molecular weight excluding hydrogens is 220 g/mol. The monoisotopic (exact) mass is 238 g/mol. The number of benzene rings is 1. The second-order valence-corrected chi connectivity index (χ2v) is 3.88. The summed E-state index contributed by atoms with van der Waals surface area (Å²) in [4.78, 5) is 11.0. The lowest BCUT2D eigenvalue weighted by molar-refractivity contribution is -0.141. The molecule has 0 saturated heterocycles. The van der Waals surface area contributed by atoms with Gasteiger partial charge in [0.25, 0.3) is 0 Å². The third kappa shape index (κ3) is 3.75. The third-order valence-corrected chi connectivity index (χ3v) is 2.59. The molecule has 17 heavy (non-hydrogen) atoms. The summed E-state index contributed by atoms with van der Waals surface area (Å²) in [5.41, 5.74) is 1.74. The number of carbonyl (C=O) groups is 1. The maximum atomic E-state index is 11.0. The second-order valence-electron chi connectivity index (χ2n) is 3.88. The van der Waals surface area contributed by atoms with E-state index in [9.17, 15) is 9.90 Å². The largest absolute Gasteiger partial charge is 0.496 e. The molecule has 1 atom stereocenters. The van der Waals surface area contributed by atoms with E-state index in [1.165, 1.54) is 7.11 Å². The maximum Gasteiger partial charge on any atom is 0.305 e. The molecule has 0 aromatic heterocycles. The Balaban J connectivity index is 2.76. The van der Waals surface area contributed by atoms with Crippen LogP contribution in [0.15, 0.2) is 18.2 Å². The van der Waals surface area contributed by atoms with Crippen molar-refractivity contribution in [2.75, 3.05) is 14.2 Å². The molecule has 0 amide bonds. The molecule has 0 aliphatic rings. The summed E-state index contributed by atoms with van der Waals surface area (Å²) < 4.78 is 9.71. The quantitative estimate of drug-likeness (QED) is 0.797. The van der Waals surface area contributed by atoms with E-state index in [4.69, 9.17) is 4.74 Å².